The Morgan fingerprint density at radius 2 is 2.29 bits per heavy atom. The van der Waals surface area contributed by atoms with Gasteiger partial charge >= 0.3 is 0 Å². The number of hydrogen-bond acceptors (Lipinski definition) is 3. The molecular weight excluding hydrogens is 248 g/mol. The van der Waals surface area contributed by atoms with Crippen molar-refractivity contribution in [1.82, 2.24) is 9.38 Å². The number of carbonyl (C=O) groups is 1. The highest BCUT2D eigenvalue weighted by Gasteiger charge is 2.13. The van der Waals surface area contributed by atoms with Crippen LogP contribution < -0.4 is 11.5 Å². The molecule has 6 heteroatoms. The molecule has 2 aromatic heterocycles. The summed E-state index contributed by atoms with van der Waals surface area (Å²) in [6.07, 6.45) is 1.72. The van der Waals surface area contributed by atoms with E-state index in [2.05, 4.69) is 20.9 Å². The van der Waals surface area contributed by atoms with Gasteiger partial charge in [0.05, 0.1) is 0 Å². The predicted molar refractivity (Wildman–Crippen MR) is 55.8 cm³/mol. The normalized spacial score (nSPS) is 10.6. The average Bonchev–Trinajstić information content (AvgIpc) is 2.43. The van der Waals surface area contributed by atoms with Gasteiger partial charge in [0.25, 0.3) is 5.91 Å². The number of halogens is 1. The molecule has 4 N–H and O–H groups in total. The van der Waals surface area contributed by atoms with Crippen molar-refractivity contribution in [2.45, 2.75) is 0 Å². The van der Waals surface area contributed by atoms with Crippen molar-refractivity contribution >= 4 is 33.3 Å². The van der Waals surface area contributed by atoms with Gasteiger partial charge in [0.1, 0.15) is 11.5 Å². The van der Waals surface area contributed by atoms with E-state index in [0.29, 0.717) is 5.65 Å². The van der Waals surface area contributed by atoms with Gasteiger partial charge in [-0.15, -0.1) is 0 Å². The molecule has 2 aromatic rings. The third kappa shape index (κ3) is 1.24. The van der Waals surface area contributed by atoms with Crippen molar-refractivity contribution in [3.63, 3.8) is 0 Å². The zero-order valence-electron chi connectivity index (χ0n) is 7.07. The smallest absolute Gasteiger partial charge is 0.271 e. The quantitative estimate of drug-likeness (QED) is 0.789. The summed E-state index contributed by atoms with van der Waals surface area (Å²) in [6.45, 7) is 0. The summed E-state index contributed by atoms with van der Waals surface area (Å²) < 4.78 is 2.47. The fourth-order valence-electron chi connectivity index (χ4n) is 1.22. The van der Waals surface area contributed by atoms with Crippen LogP contribution in [-0.4, -0.2) is 15.3 Å². The first kappa shape index (κ1) is 9.01. The lowest BCUT2D eigenvalue weighted by Gasteiger charge is -1.95. The average molecular weight is 255 g/mol. The minimum Gasteiger partial charge on any atom is -0.383 e. The van der Waals surface area contributed by atoms with Crippen LogP contribution in [0.2, 0.25) is 0 Å². The molecule has 0 atom stereocenters. The number of hydrogen-bond donors (Lipinski definition) is 2. The number of aromatic nitrogens is 2. The summed E-state index contributed by atoms with van der Waals surface area (Å²) in [5, 5.41) is 0. The van der Waals surface area contributed by atoms with E-state index in [1.807, 2.05) is 0 Å². The van der Waals surface area contributed by atoms with E-state index in [0.717, 1.165) is 4.47 Å². The number of anilines is 1. The van der Waals surface area contributed by atoms with Gasteiger partial charge < -0.3 is 11.5 Å². The van der Waals surface area contributed by atoms with Gasteiger partial charge in [-0.05, 0) is 12.1 Å². The molecule has 0 aromatic carbocycles. The molecule has 1 amide bonds. The van der Waals surface area contributed by atoms with E-state index in [1.54, 1.807) is 22.7 Å². The van der Waals surface area contributed by atoms with Gasteiger partial charge in [0.15, 0.2) is 5.69 Å². The predicted octanol–water partition coefficient (Wildman–Crippen LogP) is 0.778. The molecule has 0 aliphatic heterocycles. The van der Waals surface area contributed by atoms with Crippen LogP contribution in [0.15, 0.2) is 22.8 Å². The molecule has 0 fully saturated rings. The van der Waals surface area contributed by atoms with Crippen LogP contribution >= 0.6 is 15.9 Å². The van der Waals surface area contributed by atoms with Gasteiger partial charge in [-0.25, -0.2) is 4.98 Å². The Balaban J connectivity index is 2.79. The maximum Gasteiger partial charge on any atom is 0.271 e. The molecular formula is C8H7BrN4O. The third-order valence-electron chi connectivity index (χ3n) is 1.86. The molecule has 0 radical (unpaired) electrons. The first-order valence-corrected chi connectivity index (χ1v) is 4.62. The summed E-state index contributed by atoms with van der Waals surface area (Å²) in [7, 11) is 0. The first-order chi connectivity index (χ1) is 6.59. The molecule has 0 unspecified atom stereocenters. The maximum atomic E-state index is 10.9. The molecule has 5 nitrogen and oxygen atoms in total. The molecule has 14 heavy (non-hydrogen) atoms. The topological polar surface area (TPSA) is 86.4 Å². The third-order valence-corrected chi connectivity index (χ3v) is 2.35. The lowest BCUT2D eigenvalue weighted by atomic mass is 10.4. The van der Waals surface area contributed by atoms with Crippen LogP contribution in [0.1, 0.15) is 10.5 Å². The fraction of sp³-hybridized carbons (Fsp3) is 0. The van der Waals surface area contributed by atoms with Gasteiger partial charge in [-0.3, -0.25) is 9.20 Å². The molecule has 0 aliphatic rings. The molecule has 0 spiro atoms. The Bertz CT molecular complexity index is 519. The zero-order chi connectivity index (χ0) is 10.3. The summed E-state index contributed by atoms with van der Waals surface area (Å²) in [6, 6.07) is 3.55. The number of nitrogens with two attached hydrogens (primary N) is 2. The van der Waals surface area contributed by atoms with Gasteiger partial charge in [-0.1, -0.05) is 15.9 Å². The van der Waals surface area contributed by atoms with Crippen LogP contribution in [0.3, 0.4) is 0 Å². The van der Waals surface area contributed by atoms with Crippen LogP contribution in [0.5, 0.6) is 0 Å². The Kier molecular flexibility index (Phi) is 1.92. The van der Waals surface area contributed by atoms with E-state index in [1.165, 1.54) is 0 Å². The molecule has 72 valence electrons. The summed E-state index contributed by atoms with van der Waals surface area (Å²) in [4.78, 5) is 14.9. The number of rotatable bonds is 1. The van der Waals surface area contributed by atoms with Gasteiger partial charge in [0, 0.05) is 10.7 Å². The van der Waals surface area contributed by atoms with E-state index in [4.69, 9.17) is 11.5 Å². The number of carbonyl (C=O) groups excluding carboxylic acids is 1. The Hall–Kier alpha value is -1.56. The monoisotopic (exact) mass is 254 g/mol. The Labute approximate surface area is 87.8 Å². The highest BCUT2D eigenvalue weighted by atomic mass is 79.9. The summed E-state index contributed by atoms with van der Waals surface area (Å²) in [5.41, 5.74) is 11.5. The summed E-state index contributed by atoms with van der Waals surface area (Å²) in [5.74, 6) is -0.359. The number of pyridine rings is 1. The van der Waals surface area contributed by atoms with E-state index < -0.39 is 5.91 Å². The van der Waals surface area contributed by atoms with Crippen molar-refractivity contribution in [3.8, 4) is 0 Å². The minimum absolute atomic E-state index is 0.100. The Morgan fingerprint density at radius 1 is 1.57 bits per heavy atom. The highest BCUT2D eigenvalue weighted by Crippen LogP contribution is 2.18. The molecule has 2 heterocycles. The SMILES string of the molecule is NC(=O)c1nc2cc(Br)ccn2c1N. The van der Waals surface area contributed by atoms with Gasteiger partial charge in [-0.2, -0.15) is 0 Å². The number of nitrogens with zero attached hydrogens (tertiary/aromatic N) is 2. The number of amides is 1. The molecule has 0 saturated carbocycles. The van der Waals surface area contributed by atoms with Crippen molar-refractivity contribution < 1.29 is 4.79 Å². The van der Waals surface area contributed by atoms with Crippen LogP contribution in [0, 0.1) is 0 Å². The lowest BCUT2D eigenvalue weighted by Crippen LogP contribution is -2.13. The highest BCUT2D eigenvalue weighted by molar-refractivity contribution is 9.10. The van der Waals surface area contributed by atoms with Crippen LogP contribution in [0.4, 0.5) is 5.82 Å². The van der Waals surface area contributed by atoms with Crippen molar-refractivity contribution in [1.29, 1.82) is 0 Å². The van der Waals surface area contributed by atoms with Gasteiger partial charge in [0.2, 0.25) is 0 Å². The molecule has 2 rings (SSSR count). The Morgan fingerprint density at radius 3 is 2.93 bits per heavy atom. The molecule has 0 aliphatic carbocycles. The minimum atomic E-state index is -0.623. The molecule has 0 bridgehead atoms. The summed E-state index contributed by atoms with van der Waals surface area (Å²) >= 11 is 3.29. The zero-order valence-corrected chi connectivity index (χ0v) is 8.65. The number of fused-ring (bicyclic) bond motifs is 1. The maximum absolute atomic E-state index is 10.9. The fourth-order valence-corrected chi connectivity index (χ4v) is 1.54. The number of imidazole rings is 1. The van der Waals surface area contributed by atoms with Crippen LogP contribution in [-0.2, 0) is 0 Å². The second-order valence-corrected chi connectivity index (χ2v) is 3.70. The van der Waals surface area contributed by atoms with Crippen LogP contribution in [0.25, 0.3) is 5.65 Å². The van der Waals surface area contributed by atoms with E-state index >= 15 is 0 Å². The van der Waals surface area contributed by atoms with Crippen molar-refractivity contribution in [2.24, 2.45) is 5.73 Å². The first-order valence-electron chi connectivity index (χ1n) is 3.82. The van der Waals surface area contributed by atoms with Crippen molar-refractivity contribution in [2.75, 3.05) is 5.73 Å². The second kappa shape index (κ2) is 2.98. The number of nitrogen functional groups attached to an aromatic ring is 1. The standard InChI is InChI=1S/C8H7BrN4O/c9-4-1-2-13-5(3-4)12-6(7(13)10)8(11)14/h1-3H,10H2,(H2,11,14). The second-order valence-electron chi connectivity index (χ2n) is 2.78. The lowest BCUT2D eigenvalue weighted by molar-refractivity contribution is 0.0997. The van der Waals surface area contributed by atoms with E-state index in [9.17, 15) is 4.79 Å². The number of primary amides is 1. The molecule has 0 saturated heterocycles. The van der Waals surface area contributed by atoms with Crippen molar-refractivity contribution in [3.05, 3.63) is 28.5 Å². The largest absolute Gasteiger partial charge is 0.383 e. The van der Waals surface area contributed by atoms with E-state index in [-0.39, 0.29) is 11.5 Å².